The Bertz CT molecular complexity index is 998. The van der Waals surface area contributed by atoms with Gasteiger partial charge in [0.25, 0.3) is 0 Å². The van der Waals surface area contributed by atoms with Gasteiger partial charge in [-0.15, -0.1) is 0 Å². The van der Waals surface area contributed by atoms with Gasteiger partial charge in [0.05, 0.1) is 16.3 Å². The highest BCUT2D eigenvalue weighted by Crippen LogP contribution is 2.71. The molecule has 3 aliphatic carbocycles. The molecule has 8 heteroatoms. The number of nitrogens with zero attached hydrogens (tertiary/aromatic N) is 1. The van der Waals surface area contributed by atoms with Gasteiger partial charge in [0.15, 0.2) is 14.9 Å². The molecule has 1 aromatic carbocycles. The average molecular weight is 413 g/mol. The molecule has 0 aliphatic heterocycles. The minimum Gasteiger partial charge on any atom is -0.359 e. The highest BCUT2D eigenvalue weighted by atomic mass is 35.5. The van der Waals surface area contributed by atoms with E-state index in [-0.39, 0.29) is 15.6 Å². The Labute approximate surface area is 163 Å². The largest absolute Gasteiger partial charge is 0.359 e. The summed E-state index contributed by atoms with van der Waals surface area (Å²) in [5.74, 6) is -0.118. The van der Waals surface area contributed by atoms with E-state index < -0.39 is 21.8 Å². The molecule has 1 N–H and O–H groups in total. The first kappa shape index (κ1) is 18.9. The van der Waals surface area contributed by atoms with E-state index in [9.17, 15) is 12.8 Å². The van der Waals surface area contributed by atoms with E-state index in [1.807, 2.05) is 0 Å². The molecule has 3 aliphatic rings. The van der Waals surface area contributed by atoms with E-state index in [0.29, 0.717) is 22.5 Å². The zero-order chi connectivity index (χ0) is 19.6. The number of ether oxygens (including phenoxy) is 1. The molecule has 0 spiro atoms. The molecule has 2 aromatic rings. The third-order valence-electron chi connectivity index (χ3n) is 5.91. The Morgan fingerprint density at radius 1 is 1.37 bits per heavy atom. The molecule has 0 radical (unpaired) electrons. The van der Waals surface area contributed by atoms with E-state index in [1.165, 1.54) is 12.1 Å². The molecule has 2 bridgehead atoms. The minimum absolute atomic E-state index is 0.00179. The van der Waals surface area contributed by atoms with Gasteiger partial charge < -0.3 is 9.72 Å². The summed E-state index contributed by atoms with van der Waals surface area (Å²) in [5, 5.41) is -0.00253. The number of rotatable bonds is 6. The maximum absolute atomic E-state index is 13.6. The minimum atomic E-state index is -3.47. The number of nitrogens with one attached hydrogen (secondary N) is 1. The SMILES string of the molecule is CCC12CC(OC(c3ccc(F)c(Cl)c3)c3nc(S(C)(=O)=O)c(C)[nH]3)(C1)C2. The van der Waals surface area contributed by atoms with Gasteiger partial charge in [-0.3, -0.25) is 0 Å². The van der Waals surface area contributed by atoms with Crippen LogP contribution < -0.4 is 0 Å². The van der Waals surface area contributed by atoms with Crippen molar-refractivity contribution in [3.63, 3.8) is 0 Å². The summed E-state index contributed by atoms with van der Waals surface area (Å²) in [4.78, 5) is 7.35. The monoisotopic (exact) mass is 412 g/mol. The molecular formula is C19H22ClFN2O3S. The second kappa shape index (κ2) is 6.03. The van der Waals surface area contributed by atoms with E-state index in [2.05, 4.69) is 16.9 Å². The Balaban J connectivity index is 1.72. The Hall–Kier alpha value is -1.44. The molecule has 1 heterocycles. The summed E-state index contributed by atoms with van der Waals surface area (Å²) in [6, 6.07) is 4.41. The van der Waals surface area contributed by atoms with E-state index in [0.717, 1.165) is 31.9 Å². The third-order valence-corrected chi connectivity index (χ3v) is 7.30. The van der Waals surface area contributed by atoms with Crippen LogP contribution >= 0.6 is 11.6 Å². The lowest BCUT2D eigenvalue weighted by molar-refractivity contribution is -0.300. The zero-order valence-electron chi connectivity index (χ0n) is 15.5. The molecule has 1 unspecified atom stereocenters. The summed E-state index contributed by atoms with van der Waals surface area (Å²) >= 11 is 5.97. The van der Waals surface area contributed by atoms with Crippen LogP contribution in [0.2, 0.25) is 5.02 Å². The molecule has 5 nitrogen and oxygen atoms in total. The van der Waals surface area contributed by atoms with Crippen molar-refractivity contribution in [1.29, 1.82) is 0 Å². The Morgan fingerprint density at radius 3 is 2.56 bits per heavy atom. The second-order valence-corrected chi connectivity index (χ2v) is 10.4. The van der Waals surface area contributed by atoms with Crippen molar-refractivity contribution < 1.29 is 17.5 Å². The van der Waals surface area contributed by atoms with Crippen LogP contribution in [0.5, 0.6) is 0 Å². The summed E-state index contributed by atoms with van der Waals surface area (Å²) < 4.78 is 44.0. The predicted molar refractivity (Wildman–Crippen MR) is 100 cm³/mol. The molecule has 1 aromatic heterocycles. The standard InChI is InChI=1S/C19H22ClFN2O3S/c1-4-18-8-19(9-18,10-18)26-15(12-5-6-14(21)13(20)7-12)16-22-11(2)17(23-16)27(3,24)25/h5-7,15H,4,8-10H2,1-3H3,(H,22,23). The number of halogens is 2. The van der Waals surface area contributed by atoms with E-state index in [1.54, 1.807) is 13.0 Å². The van der Waals surface area contributed by atoms with Crippen LogP contribution in [0.25, 0.3) is 0 Å². The number of aromatic amines is 1. The van der Waals surface area contributed by atoms with Crippen LogP contribution in [0.4, 0.5) is 4.39 Å². The van der Waals surface area contributed by atoms with Crippen LogP contribution in [0.1, 0.15) is 55.8 Å². The predicted octanol–water partition coefficient (Wildman–Crippen LogP) is 4.35. The number of hydrogen-bond acceptors (Lipinski definition) is 4. The maximum atomic E-state index is 13.6. The summed E-state index contributed by atoms with van der Waals surface area (Å²) in [7, 11) is -3.47. The number of hydrogen-bond donors (Lipinski definition) is 1. The van der Waals surface area contributed by atoms with Crippen molar-refractivity contribution in [3.8, 4) is 0 Å². The van der Waals surface area contributed by atoms with Gasteiger partial charge >= 0.3 is 0 Å². The van der Waals surface area contributed by atoms with Gasteiger partial charge in [-0.25, -0.2) is 17.8 Å². The average Bonchev–Trinajstić information content (AvgIpc) is 2.90. The van der Waals surface area contributed by atoms with Gasteiger partial charge in [-0.05, 0) is 49.3 Å². The Morgan fingerprint density at radius 2 is 2.04 bits per heavy atom. The van der Waals surface area contributed by atoms with Crippen molar-refractivity contribution in [3.05, 3.63) is 46.1 Å². The van der Waals surface area contributed by atoms with Gasteiger partial charge in [-0.2, -0.15) is 0 Å². The summed E-state index contributed by atoms with van der Waals surface area (Å²) in [5.41, 5.74) is 1.28. The van der Waals surface area contributed by atoms with Crippen molar-refractivity contribution in [1.82, 2.24) is 9.97 Å². The quantitative estimate of drug-likeness (QED) is 0.765. The molecule has 0 amide bonds. The number of H-pyrrole nitrogens is 1. The highest BCUT2D eigenvalue weighted by Gasteiger charge is 2.68. The lowest BCUT2D eigenvalue weighted by atomic mass is 9.40. The third kappa shape index (κ3) is 3.09. The molecule has 146 valence electrons. The van der Waals surface area contributed by atoms with Crippen LogP contribution in [0.3, 0.4) is 0 Å². The van der Waals surface area contributed by atoms with Crippen molar-refractivity contribution in [2.45, 2.75) is 56.3 Å². The van der Waals surface area contributed by atoms with Gasteiger partial charge in [-0.1, -0.05) is 31.0 Å². The fourth-order valence-corrected chi connectivity index (χ4v) is 5.61. The van der Waals surface area contributed by atoms with Crippen LogP contribution in [0, 0.1) is 18.2 Å². The van der Waals surface area contributed by atoms with Gasteiger partial charge in [0, 0.05) is 6.26 Å². The second-order valence-electron chi connectivity index (χ2n) is 8.06. The first-order valence-corrected chi connectivity index (χ1v) is 11.2. The number of aryl methyl sites for hydroxylation is 1. The molecule has 5 rings (SSSR count). The molecule has 1 atom stereocenters. The van der Waals surface area contributed by atoms with Crippen molar-refractivity contribution in [2.75, 3.05) is 6.26 Å². The van der Waals surface area contributed by atoms with Crippen molar-refractivity contribution in [2.24, 2.45) is 5.41 Å². The van der Waals surface area contributed by atoms with E-state index >= 15 is 0 Å². The fourth-order valence-electron chi connectivity index (χ4n) is 4.55. The van der Waals surface area contributed by atoms with Crippen LogP contribution in [0.15, 0.2) is 23.2 Å². The zero-order valence-corrected chi connectivity index (χ0v) is 17.0. The smallest absolute Gasteiger partial charge is 0.194 e. The first-order valence-electron chi connectivity index (χ1n) is 8.96. The molecule has 0 saturated heterocycles. The first-order chi connectivity index (χ1) is 12.6. The number of aromatic nitrogens is 2. The van der Waals surface area contributed by atoms with E-state index in [4.69, 9.17) is 16.3 Å². The number of imidazole rings is 1. The van der Waals surface area contributed by atoms with Crippen LogP contribution in [-0.4, -0.2) is 30.2 Å². The molecular weight excluding hydrogens is 391 g/mol. The maximum Gasteiger partial charge on any atom is 0.194 e. The number of sulfone groups is 1. The topological polar surface area (TPSA) is 72.0 Å². The lowest BCUT2D eigenvalue weighted by Gasteiger charge is -2.70. The molecule has 3 fully saturated rings. The lowest BCUT2D eigenvalue weighted by Crippen LogP contribution is -2.68. The number of benzene rings is 1. The Kier molecular flexibility index (Phi) is 4.22. The summed E-state index contributed by atoms with van der Waals surface area (Å²) in [6.45, 7) is 3.85. The normalized spacial score (nSPS) is 27.7. The van der Waals surface area contributed by atoms with Crippen molar-refractivity contribution >= 4 is 21.4 Å². The summed E-state index contributed by atoms with van der Waals surface area (Å²) in [6.07, 6.45) is 4.58. The van der Waals surface area contributed by atoms with Crippen LogP contribution in [-0.2, 0) is 14.6 Å². The molecule has 3 saturated carbocycles. The fraction of sp³-hybridized carbons (Fsp3) is 0.526. The van der Waals surface area contributed by atoms with Gasteiger partial charge in [0.2, 0.25) is 0 Å². The highest BCUT2D eigenvalue weighted by molar-refractivity contribution is 7.90. The van der Waals surface area contributed by atoms with Gasteiger partial charge in [0.1, 0.15) is 17.7 Å². The molecule has 27 heavy (non-hydrogen) atoms.